The molecule has 3 rings (SSSR count). The summed E-state index contributed by atoms with van der Waals surface area (Å²) >= 11 is 0. The Bertz CT molecular complexity index is 1030. The second-order valence-electron chi connectivity index (χ2n) is 6.52. The molecule has 0 saturated carbocycles. The van der Waals surface area contributed by atoms with Crippen LogP contribution in [0.4, 0.5) is 4.39 Å². The standard InChI is InChI=1S/C22H19FN2O4/c1-13(2)18-17(21(27)28-3)19(14-9-11-16(23)12-10-14)25-22(24-18)29-20(26)15-7-5-4-6-8-15/h4-13H,1-3H3. The van der Waals surface area contributed by atoms with E-state index in [0.717, 1.165) is 0 Å². The van der Waals surface area contributed by atoms with Gasteiger partial charge in [-0.2, -0.15) is 9.97 Å². The zero-order chi connectivity index (χ0) is 21.0. The van der Waals surface area contributed by atoms with Gasteiger partial charge in [0.1, 0.15) is 11.4 Å². The number of hydrogen-bond donors (Lipinski definition) is 0. The summed E-state index contributed by atoms with van der Waals surface area (Å²) < 4.78 is 23.6. The maximum absolute atomic E-state index is 13.4. The van der Waals surface area contributed by atoms with Gasteiger partial charge in [-0.3, -0.25) is 0 Å². The molecule has 1 heterocycles. The van der Waals surface area contributed by atoms with E-state index in [2.05, 4.69) is 9.97 Å². The molecule has 0 spiro atoms. The van der Waals surface area contributed by atoms with Crippen molar-refractivity contribution >= 4 is 11.9 Å². The lowest BCUT2D eigenvalue weighted by atomic mass is 9.98. The van der Waals surface area contributed by atoms with Gasteiger partial charge in [-0.25, -0.2) is 14.0 Å². The zero-order valence-corrected chi connectivity index (χ0v) is 16.2. The molecule has 0 amide bonds. The molecule has 6 nitrogen and oxygen atoms in total. The van der Waals surface area contributed by atoms with E-state index in [-0.39, 0.29) is 23.2 Å². The van der Waals surface area contributed by atoms with Gasteiger partial charge in [-0.15, -0.1) is 0 Å². The Morgan fingerprint density at radius 2 is 1.59 bits per heavy atom. The van der Waals surface area contributed by atoms with E-state index in [4.69, 9.17) is 9.47 Å². The molecular weight excluding hydrogens is 375 g/mol. The molecule has 0 N–H and O–H groups in total. The number of esters is 2. The van der Waals surface area contributed by atoms with Gasteiger partial charge in [0, 0.05) is 5.56 Å². The molecule has 1 aromatic heterocycles. The lowest BCUT2D eigenvalue weighted by molar-refractivity contribution is 0.0598. The highest BCUT2D eigenvalue weighted by molar-refractivity contribution is 5.97. The monoisotopic (exact) mass is 394 g/mol. The highest BCUT2D eigenvalue weighted by Crippen LogP contribution is 2.30. The Morgan fingerprint density at radius 1 is 0.931 bits per heavy atom. The third-order valence-electron chi connectivity index (χ3n) is 4.16. The van der Waals surface area contributed by atoms with Crippen LogP contribution in [-0.2, 0) is 4.74 Å². The molecule has 0 radical (unpaired) electrons. The quantitative estimate of drug-likeness (QED) is 0.597. The van der Waals surface area contributed by atoms with Crippen LogP contribution in [0.5, 0.6) is 6.01 Å². The maximum Gasteiger partial charge on any atom is 0.345 e. The van der Waals surface area contributed by atoms with E-state index in [0.29, 0.717) is 16.8 Å². The van der Waals surface area contributed by atoms with Crippen molar-refractivity contribution < 1.29 is 23.5 Å². The molecule has 2 aromatic carbocycles. The minimum absolute atomic E-state index is 0.147. The number of rotatable bonds is 5. The van der Waals surface area contributed by atoms with Gasteiger partial charge in [0.2, 0.25) is 0 Å². The minimum Gasteiger partial charge on any atom is -0.465 e. The molecular formula is C22H19FN2O4. The molecule has 148 valence electrons. The van der Waals surface area contributed by atoms with Crippen molar-refractivity contribution in [2.45, 2.75) is 19.8 Å². The highest BCUT2D eigenvalue weighted by Gasteiger charge is 2.26. The van der Waals surface area contributed by atoms with E-state index < -0.39 is 17.8 Å². The molecule has 0 saturated heterocycles. The van der Waals surface area contributed by atoms with Gasteiger partial charge in [0.05, 0.1) is 24.1 Å². The molecule has 0 bridgehead atoms. The van der Waals surface area contributed by atoms with Crippen LogP contribution >= 0.6 is 0 Å². The van der Waals surface area contributed by atoms with Crippen LogP contribution in [0.2, 0.25) is 0 Å². The van der Waals surface area contributed by atoms with Gasteiger partial charge < -0.3 is 9.47 Å². The van der Waals surface area contributed by atoms with Crippen molar-refractivity contribution in [3.63, 3.8) is 0 Å². The summed E-state index contributed by atoms with van der Waals surface area (Å²) in [4.78, 5) is 33.4. The molecule has 0 unspecified atom stereocenters. The third-order valence-corrected chi connectivity index (χ3v) is 4.16. The van der Waals surface area contributed by atoms with Gasteiger partial charge in [0.25, 0.3) is 0 Å². The second-order valence-corrected chi connectivity index (χ2v) is 6.52. The summed E-state index contributed by atoms with van der Waals surface area (Å²) in [7, 11) is 1.25. The Hall–Kier alpha value is -3.61. The van der Waals surface area contributed by atoms with Gasteiger partial charge in [0.15, 0.2) is 0 Å². The number of halogens is 1. The van der Waals surface area contributed by atoms with Crippen molar-refractivity contribution in [2.24, 2.45) is 0 Å². The smallest absolute Gasteiger partial charge is 0.345 e. The molecule has 0 aliphatic heterocycles. The van der Waals surface area contributed by atoms with Crippen molar-refractivity contribution in [1.29, 1.82) is 0 Å². The molecule has 3 aromatic rings. The molecule has 0 aliphatic rings. The summed E-state index contributed by atoms with van der Waals surface area (Å²) in [6.45, 7) is 3.68. The topological polar surface area (TPSA) is 78.4 Å². The van der Waals surface area contributed by atoms with Crippen LogP contribution < -0.4 is 4.74 Å². The van der Waals surface area contributed by atoms with Crippen LogP contribution in [0.15, 0.2) is 54.6 Å². The largest absolute Gasteiger partial charge is 0.465 e. The number of hydrogen-bond acceptors (Lipinski definition) is 6. The predicted octanol–water partition coefficient (Wildman–Crippen LogP) is 4.41. The van der Waals surface area contributed by atoms with Gasteiger partial charge >= 0.3 is 17.9 Å². The van der Waals surface area contributed by atoms with Crippen LogP contribution in [0.1, 0.15) is 46.2 Å². The lowest BCUT2D eigenvalue weighted by Crippen LogP contribution is -2.16. The van der Waals surface area contributed by atoms with Crippen molar-refractivity contribution in [3.05, 3.63) is 77.2 Å². The summed E-state index contributed by atoms with van der Waals surface area (Å²) in [6, 6.07) is 13.7. The minimum atomic E-state index is -0.631. The first-order valence-electron chi connectivity index (χ1n) is 8.94. The second kappa shape index (κ2) is 8.60. The van der Waals surface area contributed by atoms with Crippen LogP contribution in [0, 0.1) is 5.82 Å². The average Bonchev–Trinajstić information content (AvgIpc) is 2.73. The summed E-state index contributed by atoms with van der Waals surface area (Å²) in [5, 5.41) is 0. The van der Waals surface area contributed by atoms with Crippen LogP contribution in [0.3, 0.4) is 0 Å². The first kappa shape index (κ1) is 20.1. The van der Waals surface area contributed by atoms with Crippen LogP contribution in [0.25, 0.3) is 11.3 Å². The fourth-order valence-electron chi connectivity index (χ4n) is 2.76. The van der Waals surface area contributed by atoms with E-state index >= 15 is 0 Å². The van der Waals surface area contributed by atoms with Crippen LogP contribution in [-0.4, -0.2) is 29.0 Å². The Kier molecular flexibility index (Phi) is 5.97. The van der Waals surface area contributed by atoms with E-state index in [1.807, 2.05) is 13.8 Å². The normalized spacial score (nSPS) is 10.7. The van der Waals surface area contributed by atoms with Gasteiger partial charge in [-0.05, 0) is 42.3 Å². The molecule has 7 heteroatoms. The summed E-state index contributed by atoms with van der Waals surface area (Å²) in [5.74, 6) is -1.88. The fraction of sp³-hybridized carbons (Fsp3) is 0.182. The number of carbonyl (C=O) groups is 2. The Balaban J connectivity index is 2.14. The summed E-state index contributed by atoms with van der Waals surface area (Å²) in [5.41, 5.74) is 1.51. The van der Waals surface area contributed by atoms with E-state index in [1.54, 1.807) is 30.3 Å². The van der Waals surface area contributed by atoms with Gasteiger partial charge in [-0.1, -0.05) is 32.0 Å². The SMILES string of the molecule is COC(=O)c1c(-c2ccc(F)cc2)nc(OC(=O)c2ccccc2)nc1C(C)C. The number of ether oxygens (including phenoxy) is 2. The van der Waals surface area contributed by atoms with Crippen molar-refractivity contribution in [3.8, 4) is 17.3 Å². The molecule has 29 heavy (non-hydrogen) atoms. The lowest BCUT2D eigenvalue weighted by Gasteiger charge is -2.16. The Morgan fingerprint density at radius 3 is 2.17 bits per heavy atom. The zero-order valence-electron chi connectivity index (χ0n) is 16.2. The third kappa shape index (κ3) is 4.45. The summed E-state index contributed by atoms with van der Waals surface area (Å²) in [6.07, 6.45) is 0. The Labute approximate surface area is 167 Å². The number of nitrogens with zero attached hydrogens (tertiary/aromatic N) is 2. The predicted molar refractivity (Wildman–Crippen MR) is 104 cm³/mol. The molecule has 0 aliphatic carbocycles. The van der Waals surface area contributed by atoms with E-state index in [1.165, 1.54) is 31.4 Å². The number of methoxy groups -OCH3 is 1. The first-order chi connectivity index (χ1) is 13.9. The number of benzene rings is 2. The number of carbonyl (C=O) groups excluding carboxylic acids is 2. The first-order valence-corrected chi connectivity index (χ1v) is 8.94. The highest BCUT2D eigenvalue weighted by atomic mass is 19.1. The number of aromatic nitrogens is 2. The fourth-order valence-corrected chi connectivity index (χ4v) is 2.76. The van der Waals surface area contributed by atoms with E-state index in [9.17, 15) is 14.0 Å². The molecule has 0 atom stereocenters. The maximum atomic E-state index is 13.4. The average molecular weight is 394 g/mol. The van der Waals surface area contributed by atoms with Crippen molar-refractivity contribution in [2.75, 3.05) is 7.11 Å². The molecule has 0 fully saturated rings. The van der Waals surface area contributed by atoms with Crippen molar-refractivity contribution in [1.82, 2.24) is 9.97 Å².